The van der Waals surface area contributed by atoms with Gasteiger partial charge in [0.05, 0.1) is 18.1 Å². The maximum Gasteiger partial charge on any atom is 0.410 e. The number of benzene rings is 1. The summed E-state index contributed by atoms with van der Waals surface area (Å²) in [5.41, 5.74) is 2.10. The van der Waals surface area contributed by atoms with Crippen LogP contribution in [0.1, 0.15) is 32.7 Å². The Kier molecular flexibility index (Phi) is 5.55. The Hall–Kier alpha value is -4.09. The first kappa shape index (κ1) is 20.8. The van der Waals surface area contributed by atoms with Gasteiger partial charge in [0.1, 0.15) is 18.4 Å². The highest BCUT2D eigenvalue weighted by molar-refractivity contribution is 5.76. The quantitative estimate of drug-likeness (QED) is 0.452. The number of ether oxygens (including phenoxy) is 2. The summed E-state index contributed by atoms with van der Waals surface area (Å²) in [4.78, 5) is 27.1. The molecule has 0 atom stereocenters. The molecule has 12 nitrogen and oxygen atoms in total. The Balaban J connectivity index is 1.30. The first-order valence-electron chi connectivity index (χ1n) is 10.7. The number of fused-ring (bicyclic) bond motifs is 1. The van der Waals surface area contributed by atoms with E-state index in [1.165, 1.54) is 12.7 Å². The third-order valence-electron chi connectivity index (χ3n) is 5.44. The number of hydrogen-bond donors (Lipinski definition) is 0. The molecular weight excluding hydrogens is 426 g/mol. The summed E-state index contributed by atoms with van der Waals surface area (Å²) >= 11 is 0. The second-order valence-corrected chi connectivity index (χ2v) is 8.00. The lowest BCUT2D eigenvalue weighted by Gasteiger charge is -2.32. The fourth-order valence-corrected chi connectivity index (χ4v) is 3.83. The third kappa shape index (κ3) is 4.31. The van der Waals surface area contributed by atoms with E-state index in [9.17, 15) is 4.79 Å². The number of carbonyl (C=O) groups is 1. The van der Waals surface area contributed by atoms with E-state index >= 15 is 0 Å². The van der Waals surface area contributed by atoms with E-state index in [0.717, 1.165) is 18.5 Å². The van der Waals surface area contributed by atoms with Crippen molar-refractivity contribution >= 4 is 17.3 Å². The number of hydrogen-bond acceptors (Lipinski definition) is 9. The monoisotopic (exact) mass is 449 g/mol. The molecule has 0 spiro atoms. The van der Waals surface area contributed by atoms with Gasteiger partial charge in [-0.25, -0.2) is 19.4 Å². The lowest BCUT2D eigenvalue weighted by atomic mass is 10.1. The predicted octanol–water partition coefficient (Wildman–Crippen LogP) is 2.78. The van der Waals surface area contributed by atoms with E-state index in [1.807, 2.05) is 42.7 Å². The van der Waals surface area contributed by atoms with Gasteiger partial charge in [0.15, 0.2) is 11.2 Å². The number of aromatic nitrogens is 8. The fourth-order valence-electron chi connectivity index (χ4n) is 3.83. The summed E-state index contributed by atoms with van der Waals surface area (Å²) in [7, 11) is 0. The van der Waals surface area contributed by atoms with Crippen LogP contribution < -0.4 is 4.74 Å². The van der Waals surface area contributed by atoms with E-state index in [-0.39, 0.29) is 18.2 Å². The molecule has 1 amide bonds. The second kappa shape index (κ2) is 8.81. The van der Waals surface area contributed by atoms with Crippen molar-refractivity contribution in [3.63, 3.8) is 0 Å². The molecule has 0 N–H and O–H groups in total. The van der Waals surface area contributed by atoms with Gasteiger partial charge in [-0.1, -0.05) is 0 Å². The molecule has 4 heterocycles. The van der Waals surface area contributed by atoms with Crippen molar-refractivity contribution in [2.24, 2.45) is 0 Å². The molecule has 0 unspecified atom stereocenters. The molecule has 4 aromatic rings. The zero-order chi connectivity index (χ0) is 22.8. The van der Waals surface area contributed by atoms with Gasteiger partial charge < -0.3 is 18.9 Å². The number of piperidine rings is 1. The molecule has 1 saturated heterocycles. The van der Waals surface area contributed by atoms with Gasteiger partial charge in [0.25, 0.3) is 5.88 Å². The molecule has 1 aliphatic heterocycles. The molecule has 1 fully saturated rings. The van der Waals surface area contributed by atoms with Crippen molar-refractivity contribution in [2.45, 2.75) is 38.8 Å². The Labute approximate surface area is 189 Å². The van der Waals surface area contributed by atoms with Crippen molar-refractivity contribution in [3.05, 3.63) is 43.2 Å². The van der Waals surface area contributed by atoms with Crippen LogP contribution in [0.25, 0.3) is 16.9 Å². The number of nitrogens with zero attached hydrogens (tertiary/aromatic N) is 9. The van der Waals surface area contributed by atoms with E-state index in [4.69, 9.17) is 9.47 Å². The van der Waals surface area contributed by atoms with Crippen LogP contribution in [0.4, 0.5) is 4.79 Å². The maximum atomic E-state index is 12.2. The van der Waals surface area contributed by atoms with Crippen LogP contribution in [0.3, 0.4) is 0 Å². The number of imidazole rings is 1. The van der Waals surface area contributed by atoms with Crippen molar-refractivity contribution in [1.82, 2.24) is 44.6 Å². The van der Waals surface area contributed by atoms with Gasteiger partial charge in [-0.2, -0.15) is 4.98 Å². The van der Waals surface area contributed by atoms with Crippen molar-refractivity contribution < 1.29 is 14.3 Å². The molecule has 12 heteroatoms. The van der Waals surface area contributed by atoms with Gasteiger partial charge in [-0.3, -0.25) is 0 Å². The standard InChI is InChI=1S/C21H23N9O3/c1-14(2)32-21(31)28-9-7-15(8-10-28)29-12-24-18-19(29)22-11-23-20(18)33-17-5-3-16(4-6-17)30-13-25-26-27-30/h3-6,11-15H,7-10H2,1-2H3. The van der Waals surface area contributed by atoms with Crippen LogP contribution in [-0.2, 0) is 4.74 Å². The van der Waals surface area contributed by atoms with E-state index in [1.54, 1.807) is 15.9 Å². The summed E-state index contributed by atoms with van der Waals surface area (Å²) in [6.07, 6.45) is 5.95. The Morgan fingerprint density at radius 1 is 1.06 bits per heavy atom. The van der Waals surface area contributed by atoms with Crippen LogP contribution in [-0.4, -0.2) is 69.9 Å². The van der Waals surface area contributed by atoms with Gasteiger partial charge in [-0.05, 0) is 61.4 Å². The number of amides is 1. The summed E-state index contributed by atoms with van der Waals surface area (Å²) in [5.74, 6) is 0.991. The summed E-state index contributed by atoms with van der Waals surface area (Å²) in [6.45, 7) is 4.95. The molecule has 33 heavy (non-hydrogen) atoms. The molecule has 3 aromatic heterocycles. The van der Waals surface area contributed by atoms with Crippen LogP contribution in [0, 0.1) is 0 Å². The van der Waals surface area contributed by atoms with Crippen LogP contribution >= 0.6 is 0 Å². The number of tetrazole rings is 1. The highest BCUT2D eigenvalue weighted by atomic mass is 16.6. The molecular formula is C21H23N9O3. The largest absolute Gasteiger partial charge is 0.447 e. The predicted molar refractivity (Wildman–Crippen MR) is 116 cm³/mol. The number of likely N-dealkylation sites (tertiary alicyclic amines) is 1. The van der Waals surface area contributed by atoms with Crippen LogP contribution in [0.2, 0.25) is 0 Å². The average Bonchev–Trinajstić information content (AvgIpc) is 3.50. The summed E-state index contributed by atoms with van der Waals surface area (Å²) in [5, 5.41) is 11.1. The molecule has 0 saturated carbocycles. The minimum Gasteiger partial charge on any atom is -0.447 e. The molecule has 0 aliphatic carbocycles. The first-order chi connectivity index (χ1) is 16.1. The van der Waals surface area contributed by atoms with E-state index < -0.39 is 0 Å². The highest BCUT2D eigenvalue weighted by Gasteiger charge is 2.27. The molecule has 1 aliphatic rings. The van der Waals surface area contributed by atoms with Gasteiger partial charge in [0, 0.05) is 19.1 Å². The van der Waals surface area contributed by atoms with Gasteiger partial charge >= 0.3 is 6.09 Å². The van der Waals surface area contributed by atoms with E-state index in [0.29, 0.717) is 35.9 Å². The Bertz CT molecular complexity index is 1230. The molecule has 5 rings (SSSR count). The van der Waals surface area contributed by atoms with Gasteiger partial charge in [0.2, 0.25) is 0 Å². The zero-order valence-electron chi connectivity index (χ0n) is 18.3. The smallest absolute Gasteiger partial charge is 0.410 e. The highest BCUT2D eigenvalue weighted by Crippen LogP contribution is 2.30. The summed E-state index contributed by atoms with van der Waals surface area (Å²) < 4.78 is 14.9. The van der Waals surface area contributed by atoms with Crippen LogP contribution in [0.15, 0.2) is 43.2 Å². The number of rotatable bonds is 5. The van der Waals surface area contributed by atoms with Gasteiger partial charge in [-0.15, -0.1) is 5.10 Å². The van der Waals surface area contributed by atoms with Crippen molar-refractivity contribution in [2.75, 3.05) is 13.1 Å². The maximum absolute atomic E-state index is 12.2. The third-order valence-corrected chi connectivity index (χ3v) is 5.44. The zero-order valence-corrected chi connectivity index (χ0v) is 18.3. The lowest BCUT2D eigenvalue weighted by molar-refractivity contribution is 0.0663. The number of carbonyl (C=O) groups excluding carboxylic acids is 1. The van der Waals surface area contributed by atoms with Crippen molar-refractivity contribution in [1.29, 1.82) is 0 Å². The fraction of sp³-hybridized carbons (Fsp3) is 0.381. The minimum atomic E-state index is -0.261. The Morgan fingerprint density at radius 3 is 2.55 bits per heavy atom. The summed E-state index contributed by atoms with van der Waals surface area (Å²) in [6, 6.07) is 7.50. The normalized spacial score (nSPS) is 14.7. The van der Waals surface area contributed by atoms with E-state index in [2.05, 4.69) is 30.5 Å². The van der Waals surface area contributed by atoms with Crippen LogP contribution in [0.5, 0.6) is 11.6 Å². The van der Waals surface area contributed by atoms with Crippen molar-refractivity contribution in [3.8, 4) is 17.3 Å². The molecule has 170 valence electrons. The minimum absolute atomic E-state index is 0.126. The molecule has 0 radical (unpaired) electrons. The Morgan fingerprint density at radius 2 is 1.85 bits per heavy atom. The topological polar surface area (TPSA) is 126 Å². The molecule has 1 aromatic carbocycles. The second-order valence-electron chi connectivity index (χ2n) is 8.00. The lowest BCUT2D eigenvalue weighted by Crippen LogP contribution is -2.40. The average molecular weight is 449 g/mol. The SMILES string of the molecule is CC(C)OC(=O)N1CCC(n2cnc3c(Oc4ccc(-n5cnnn5)cc4)ncnc32)CC1. The first-order valence-corrected chi connectivity index (χ1v) is 10.7. The molecule has 0 bridgehead atoms.